The molecular formula is C3H6O2P. The first-order valence-electron chi connectivity index (χ1n) is 1.49. The van der Waals surface area contributed by atoms with E-state index in [0.717, 1.165) is 0 Å². The third-order valence-electron chi connectivity index (χ3n) is 0.220. The molecule has 0 aliphatic rings. The van der Waals surface area contributed by atoms with Gasteiger partial charge in [-0.15, -0.1) is 0 Å². The van der Waals surface area contributed by atoms with Crippen LogP contribution < -0.4 is 0 Å². The molecule has 0 aliphatic carbocycles. The molecule has 0 aromatic carbocycles. The molecule has 0 N–H and O–H groups in total. The fourth-order valence-electron chi connectivity index (χ4n) is 0.0745. The Morgan fingerprint density at radius 1 is 1.67 bits per heavy atom. The summed E-state index contributed by atoms with van der Waals surface area (Å²) in [6.07, 6.45) is 0. The Morgan fingerprint density at radius 2 is 2.17 bits per heavy atom. The van der Waals surface area contributed by atoms with E-state index < -0.39 is 8.15 Å². The van der Waals surface area contributed by atoms with Crippen molar-refractivity contribution in [3.8, 4) is 0 Å². The third kappa shape index (κ3) is 3.90. The number of rotatable bonds is 2. The van der Waals surface area contributed by atoms with Crippen molar-refractivity contribution in [3.05, 3.63) is 0 Å². The van der Waals surface area contributed by atoms with Crippen LogP contribution in [0.3, 0.4) is 0 Å². The molecule has 0 saturated carbocycles. The maximum Gasteiger partial charge on any atom is 0.420 e. The van der Waals surface area contributed by atoms with Crippen molar-refractivity contribution < 1.29 is 9.32 Å². The minimum absolute atomic E-state index is 0.524. The van der Waals surface area contributed by atoms with E-state index in [-0.39, 0.29) is 0 Å². The van der Waals surface area contributed by atoms with E-state index in [0.29, 0.717) is 0 Å². The van der Waals surface area contributed by atoms with Gasteiger partial charge in [0.2, 0.25) is 0 Å². The molecule has 0 bridgehead atoms. The maximum absolute atomic E-state index is 9.28. The van der Waals surface area contributed by atoms with Gasteiger partial charge in [0, 0.05) is 0 Å². The highest BCUT2D eigenvalue weighted by molar-refractivity contribution is 7.51. The first kappa shape index (κ1) is 5.90. The molecule has 3 heteroatoms. The Bertz CT molecular complexity index is 44.1. The molecule has 0 aliphatic heterocycles. The number of hydrogen-bond donors (Lipinski definition) is 0. The summed E-state index contributed by atoms with van der Waals surface area (Å²) < 4.78 is 4.30. The van der Waals surface area contributed by atoms with Crippen molar-refractivity contribution in [2.24, 2.45) is 0 Å². The van der Waals surface area contributed by atoms with E-state index in [2.05, 4.69) is 4.52 Å². The van der Waals surface area contributed by atoms with Crippen molar-refractivity contribution >= 4 is 14.6 Å². The lowest BCUT2D eigenvalue weighted by molar-refractivity contribution is 0.467. The van der Waals surface area contributed by atoms with Gasteiger partial charge in [-0.3, -0.25) is 0 Å². The average Bonchev–Trinajstić information content (AvgIpc) is 1.35. The molecule has 6 heavy (non-hydrogen) atoms. The van der Waals surface area contributed by atoms with Crippen LogP contribution >= 0.6 is 8.15 Å². The Hall–Kier alpha value is -0.100. The van der Waals surface area contributed by atoms with Crippen molar-refractivity contribution in [1.82, 2.24) is 0 Å². The van der Waals surface area contributed by atoms with Gasteiger partial charge in [-0.25, -0.2) is 4.79 Å². The summed E-state index contributed by atoms with van der Waals surface area (Å²) >= 11 is 0. The van der Waals surface area contributed by atoms with Crippen LogP contribution in [0.5, 0.6) is 0 Å². The molecule has 0 heterocycles. The topological polar surface area (TPSA) is 26.3 Å². The summed E-state index contributed by atoms with van der Waals surface area (Å²) in [5.41, 5.74) is 0. The second-order valence-electron chi connectivity index (χ2n) is 0.987. The molecule has 0 saturated heterocycles. The zero-order valence-corrected chi connectivity index (χ0v) is 4.66. The summed E-state index contributed by atoms with van der Waals surface area (Å²) in [6.45, 7) is 5.01. The molecule has 0 atom stereocenters. The summed E-state index contributed by atoms with van der Waals surface area (Å²) in [4.78, 5) is 9.28. The molecular weight excluding hydrogens is 99.0 g/mol. The molecule has 2 nitrogen and oxygen atoms in total. The zero-order chi connectivity index (χ0) is 4.99. The van der Waals surface area contributed by atoms with Gasteiger partial charge < -0.3 is 4.52 Å². The fourth-order valence-corrected chi connectivity index (χ4v) is 0.224. The quantitative estimate of drug-likeness (QED) is 0.484. The zero-order valence-electron chi connectivity index (χ0n) is 3.76. The summed E-state index contributed by atoms with van der Waals surface area (Å²) in [5, 5.41) is 0. The van der Waals surface area contributed by atoms with Crippen molar-refractivity contribution in [1.29, 1.82) is 0 Å². The van der Waals surface area contributed by atoms with Crippen LogP contribution in [-0.4, -0.2) is 19.8 Å². The van der Waals surface area contributed by atoms with Crippen LogP contribution in [0.15, 0.2) is 0 Å². The first-order valence-corrected chi connectivity index (χ1v) is 3.64. The van der Waals surface area contributed by atoms with Gasteiger partial charge in [0.15, 0.2) is 0 Å². The lowest BCUT2D eigenvalue weighted by Crippen LogP contribution is -1.73. The maximum atomic E-state index is 9.28. The minimum atomic E-state index is -0.524. The second-order valence-corrected chi connectivity index (χ2v) is 2.79. The summed E-state index contributed by atoms with van der Waals surface area (Å²) in [7, 11) is -0.524. The van der Waals surface area contributed by atoms with E-state index in [4.69, 9.17) is 0 Å². The average molecular weight is 105 g/mol. The standard InChI is InChI=1S/C3H6O2P/c1-6(2)5-3-4/h1-2H3. The molecule has 0 spiro atoms. The highest BCUT2D eigenvalue weighted by Gasteiger charge is 1.85. The Morgan fingerprint density at radius 3 is 2.17 bits per heavy atom. The lowest BCUT2D eigenvalue weighted by atomic mass is 11.7. The van der Waals surface area contributed by atoms with E-state index >= 15 is 0 Å². The van der Waals surface area contributed by atoms with Gasteiger partial charge >= 0.3 is 6.47 Å². The lowest BCUT2D eigenvalue weighted by Gasteiger charge is -1.94. The largest absolute Gasteiger partial charge is 0.437 e. The molecule has 0 fully saturated rings. The van der Waals surface area contributed by atoms with E-state index in [1.54, 1.807) is 0 Å². The Labute approximate surface area is 38.3 Å². The molecule has 0 aromatic heterocycles. The van der Waals surface area contributed by atoms with Crippen LogP contribution in [0.1, 0.15) is 0 Å². The Balaban J connectivity index is 2.81. The minimum Gasteiger partial charge on any atom is -0.437 e. The highest BCUT2D eigenvalue weighted by Crippen LogP contribution is 2.23. The van der Waals surface area contributed by atoms with E-state index in [1.807, 2.05) is 13.3 Å². The Kier molecular flexibility index (Phi) is 3.05. The molecule has 1 radical (unpaired) electrons. The van der Waals surface area contributed by atoms with Gasteiger partial charge in [0.25, 0.3) is 0 Å². The third-order valence-corrected chi connectivity index (χ3v) is 0.660. The van der Waals surface area contributed by atoms with Gasteiger partial charge in [0.05, 0.1) is 8.15 Å². The molecule has 35 valence electrons. The normalized spacial score (nSPS) is 8.50. The van der Waals surface area contributed by atoms with Gasteiger partial charge in [0.1, 0.15) is 0 Å². The smallest absolute Gasteiger partial charge is 0.420 e. The SMILES string of the molecule is CP(C)O[C]=O. The van der Waals surface area contributed by atoms with Crippen molar-refractivity contribution in [2.75, 3.05) is 13.3 Å². The van der Waals surface area contributed by atoms with Crippen molar-refractivity contribution in [3.63, 3.8) is 0 Å². The van der Waals surface area contributed by atoms with Crippen LogP contribution in [-0.2, 0) is 9.32 Å². The molecule has 0 rings (SSSR count). The highest BCUT2D eigenvalue weighted by atomic mass is 31.1. The summed E-state index contributed by atoms with van der Waals surface area (Å²) in [5.74, 6) is 0. The monoisotopic (exact) mass is 105 g/mol. The first-order chi connectivity index (χ1) is 2.77. The number of carbonyl (C=O) groups excluding carboxylic acids is 1. The fraction of sp³-hybridized carbons (Fsp3) is 0.667. The van der Waals surface area contributed by atoms with Crippen LogP contribution in [0, 0.1) is 0 Å². The van der Waals surface area contributed by atoms with Gasteiger partial charge in [-0.2, -0.15) is 0 Å². The molecule has 0 amide bonds. The van der Waals surface area contributed by atoms with E-state index in [9.17, 15) is 4.79 Å². The molecule has 0 unspecified atom stereocenters. The van der Waals surface area contributed by atoms with Crippen LogP contribution in [0.2, 0.25) is 0 Å². The predicted octanol–water partition coefficient (Wildman–Crippen LogP) is 0.727. The second kappa shape index (κ2) is 3.10. The molecule has 0 aromatic rings. The van der Waals surface area contributed by atoms with Crippen molar-refractivity contribution in [2.45, 2.75) is 0 Å². The van der Waals surface area contributed by atoms with Crippen LogP contribution in [0.25, 0.3) is 0 Å². The predicted molar refractivity (Wildman–Crippen MR) is 25.5 cm³/mol. The van der Waals surface area contributed by atoms with Gasteiger partial charge in [-0.05, 0) is 13.3 Å². The van der Waals surface area contributed by atoms with Crippen LogP contribution in [0.4, 0.5) is 0 Å². The van der Waals surface area contributed by atoms with Gasteiger partial charge in [-0.1, -0.05) is 0 Å². The summed E-state index contributed by atoms with van der Waals surface area (Å²) in [6, 6.07) is 0. The number of hydrogen-bond acceptors (Lipinski definition) is 2. The van der Waals surface area contributed by atoms with E-state index in [1.165, 1.54) is 6.47 Å².